The monoisotopic (exact) mass is 622 g/mol. The van der Waals surface area contributed by atoms with E-state index in [1.54, 1.807) is 5.57 Å². The highest BCUT2D eigenvalue weighted by Gasteiger charge is 2.40. The summed E-state index contributed by atoms with van der Waals surface area (Å²) in [7, 11) is 0. The van der Waals surface area contributed by atoms with Crippen molar-refractivity contribution in [3.05, 3.63) is 173 Å². The topological polar surface area (TPSA) is 6.48 Å². The van der Waals surface area contributed by atoms with Crippen LogP contribution >= 0.6 is 0 Å². The van der Waals surface area contributed by atoms with Crippen LogP contribution in [-0.4, -0.2) is 0 Å². The molecule has 1 unspecified atom stereocenters. The van der Waals surface area contributed by atoms with Crippen molar-refractivity contribution in [2.45, 2.75) is 52.4 Å². The first-order valence-electron chi connectivity index (χ1n) is 17.2. The van der Waals surface area contributed by atoms with Gasteiger partial charge in [0.25, 0.3) is 0 Å². The second-order valence-corrected chi connectivity index (χ2v) is 14.0. The third-order valence-electron chi connectivity index (χ3n) is 10.6. The van der Waals surface area contributed by atoms with E-state index in [2.05, 4.69) is 183 Å². The first kappa shape index (κ1) is 30.0. The van der Waals surface area contributed by atoms with Gasteiger partial charge in [-0.3, -0.25) is 0 Å². The van der Waals surface area contributed by atoms with Crippen LogP contribution in [0.5, 0.6) is 0 Å². The molecule has 0 heterocycles. The highest BCUT2D eigenvalue weighted by atomic mass is 15.2. The Morgan fingerprint density at radius 1 is 0.479 bits per heavy atom. The average Bonchev–Trinajstić information content (AvgIpc) is 3.49. The lowest BCUT2D eigenvalue weighted by molar-refractivity contribution is 0.495. The Kier molecular flexibility index (Phi) is 7.53. The van der Waals surface area contributed by atoms with E-state index in [0.29, 0.717) is 0 Å². The minimum Gasteiger partial charge on any atom is -0.310 e. The van der Waals surface area contributed by atoms with Gasteiger partial charge in [0.15, 0.2) is 0 Å². The van der Waals surface area contributed by atoms with Gasteiger partial charge in [-0.05, 0) is 146 Å². The minimum atomic E-state index is 0.205. The van der Waals surface area contributed by atoms with Gasteiger partial charge in [-0.15, -0.1) is 0 Å². The number of allylic oxidation sites excluding steroid dienone is 2. The van der Waals surface area contributed by atoms with Gasteiger partial charge < -0.3 is 9.80 Å². The number of benzene rings is 6. The smallest absolute Gasteiger partial charge is 0.0488 e. The highest BCUT2D eigenvalue weighted by molar-refractivity contribution is 5.88. The summed E-state index contributed by atoms with van der Waals surface area (Å²) in [5.74, 6) is 0. The summed E-state index contributed by atoms with van der Waals surface area (Å²) in [6, 6.07) is 53.6. The normalized spacial score (nSPS) is 16.5. The molecule has 1 saturated carbocycles. The summed E-state index contributed by atoms with van der Waals surface area (Å²) >= 11 is 0. The van der Waals surface area contributed by atoms with Gasteiger partial charge in [-0.1, -0.05) is 96.4 Å². The molecule has 8 rings (SSSR count). The van der Waals surface area contributed by atoms with Crippen molar-refractivity contribution < 1.29 is 0 Å². The van der Waals surface area contributed by atoms with Crippen molar-refractivity contribution in [3.63, 3.8) is 0 Å². The Bertz CT molecular complexity index is 2040. The number of rotatable bonds is 7. The summed E-state index contributed by atoms with van der Waals surface area (Å²) in [4.78, 5) is 4.78. The lowest BCUT2D eigenvalue weighted by Gasteiger charge is -2.32. The molecule has 1 atom stereocenters. The number of para-hydroxylation sites is 2. The van der Waals surface area contributed by atoms with Crippen molar-refractivity contribution in [2.24, 2.45) is 0 Å². The van der Waals surface area contributed by atoms with E-state index in [0.717, 1.165) is 34.1 Å². The third kappa shape index (κ3) is 5.42. The molecule has 6 aromatic rings. The Morgan fingerprint density at radius 2 is 0.979 bits per heavy atom. The molecule has 2 aliphatic carbocycles. The molecule has 0 aromatic heterocycles. The van der Waals surface area contributed by atoms with Crippen LogP contribution in [0, 0.1) is 13.8 Å². The molecule has 48 heavy (non-hydrogen) atoms. The highest BCUT2D eigenvalue weighted by Crippen LogP contribution is 2.53. The molecule has 0 amide bonds. The maximum atomic E-state index is 2.50. The number of nitrogens with zero attached hydrogens (tertiary/aromatic N) is 2. The molecule has 0 aliphatic heterocycles. The van der Waals surface area contributed by atoms with Crippen molar-refractivity contribution in [1.82, 2.24) is 0 Å². The predicted octanol–water partition coefficient (Wildman–Crippen LogP) is 13.1. The van der Waals surface area contributed by atoms with Crippen LogP contribution in [0.15, 0.2) is 151 Å². The van der Waals surface area contributed by atoms with Crippen molar-refractivity contribution in [1.29, 1.82) is 0 Å². The summed E-state index contributed by atoms with van der Waals surface area (Å²) in [6.45, 7) is 9.10. The van der Waals surface area contributed by atoms with Gasteiger partial charge >= 0.3 is 0 Å². The van der Waals surface area contributed by atoms with Crippen LogP contribution in [-0.2, 0) is 5.41 Å². The third-order valence-corrected chi connectivity index (χ3v) is 10.6. The summed E-state index contributed by atoms with van der Waals surface area (Å²) in [5, 5.41) is 0. The van der Waals surface area contributed by atoms with Gasteiger partial charge in [-0.25, -0.2) is 0 Å². The standard InChI is InChI=1S/C46H42N2/c1-32-15-20-40(21-16-32)48(41-22-17-33(2)18-23-41)43-28-37(35-19-24-44-34(3)36-25-26-46(4,31-36)45(44)29-35)27-42(30-43)47(38-11-7-5-8-12-38)39-13-9-6-10-14-39/h5-24,27-30H,25-26,31H2,1-4H3. The SMILES string of the molecule is CC1=C2CCC(C)(C2)c2cc(-c3cc(N(c4ccccc4)c4ccccc4)cc(N(c4ccc(C)cc4)c4ccc(C)cc4)c3)ccc21. The molecule has 6 aromatic carbocycles. The second-order valence-electron chi connectivity index (χ2n) is 14.0. The zero-order valence-electron chi connectivity index (χ0n) is 28.4. The molecule has 2 bridgehead atoms. The number of fused-ring (bicyclic) bond motifs is 4. The van der Waals surface area contributed by atoms with Gasteiger partial charge in [0.1, 0.15) is 0 Å². The van der Waals surface area contributed by atoms with Crippen LogP contribution in [0.25, 0.3) is 16.7 Å². The number of aryl methyl sites for hydroxylation is 2. The first-order valence-corrected chi connectivity index (χ1v) is 17.2. The van der Waals surface area contributed by atoms with Crippen molar-refractivity contribution >= 4 is 39.7 Å². The minimum absolute atomic E-state index is 0.205. The lowest BCUT2D eigenvalue weighted by atomic mass is 9.73. The fourth-order valence-electron chi connectivity index (χ4n) is 7.82. The largest absolute Gasteiger partial charge is 0.310 e. The van der Waals surface area contributed by atoms with Crippen LogP contribution in [0.1, 0.15) is 55.4 Å². The average molecular weight is 623 g/mol. The molecule has 236 valence electrons. The Morgan fingerprint density at radius 3 is 1.50 bits per heavy atom. The number of hydrogen-bond donors (Lipinski definition) is 0. The van der Waals surface area contributed by atoms with E-state index in [1.165, 1.54) is 58.2 Å². The quantitative estimate of drug-likeness (QED) is 0.175. The first-order chi connectivity index (χ1) is 23.4. The Labute approximate surface area is 285 Å². The van der Waals surface area contributed by atoms with Crippen molar-refractivity contribution in [3.8, 4) is 11.1 Å². The number of hydrogen-bond acceptors (Lipinski definition) is 2. The molecule has 2 heteroatoms. The van der Waals surface area contributed by atoms with Gasteiger partial charge in [0.2, 0.25) is 0 Å². The predicted molar refractivity (Wildman–Crippen MR) is 205 cm³/mol. The fourth-order valence-corrected chi connectivity index (χ4v) is 7.82. The molecule has 0 radical (unpaired) electrons. The van der Waals surface area contributed by atoms with Crippen LogP contribution in [0.4, 0.5) is 34.1 Å². The van der Waals surface area contributed by atoms with E-state index in [4.69, 9.17) is 0 Å². The fraction of sp³-hybridized carbons (Fsp3) is 0.174. The van der Waals surface area contributed by atoms with Crippen LogP contribution < -0.4 is 9.80 Å². The van der Waals surface area contributed by atoms with E-state index in [9.17, 15) is 0 Å². The Hall–Kier alpha value is -5.34. The maximum Gasteiger partial charge on any atom is 0.0488 e. The van der Waals surface area contributed by atoms with E-state index in [-0.39, 0.29) is 5.41 Å². The van der Waals surface area contributed by atoms with E-state index >= 15 is 0 Å². The van der Waals surface area contributed by atoms with Gasteiger partial charge in [0.05, 0.1) is 0 Å². The Balaban J connectivity index is 1.38. The lowest BCUT2D eigenvalue weighted by Crippen LogP contribution is -2.21. The molecule has 0 N–H and O–H groups in total. The molecular formula is C46H42N2. The van der Waals surface area contributed by atoms with Crippen LogP contribution in [0.3, 0.4) is 0 Å². The second kappa shape index (κ2) is 12.0. The van der Waals surface area contributed by atoms with E-state index in [1.807, 2.05) is 0 Å². The zero-order valence-corrected chi connectivity index (χ0v) is 28.4. The molecule has 0 saturated heterocycles. The number of anilines is 6. The molecule has 2 aliphatic rings. The summed E-state index contributed by atoms with van der Waals surface area (Å²) in [5.41, 5.74) is 18.0. The molecule has 2 nitrogen and oxygen atoms in total. The van der Waals surface area contributed by atoms with Crippen LogP contribution in [0.2, 0.25) is 0 Å². The maximum absolute atomic E-state index is 2.50. The van der Waals surface area contributed by atoms with Gasteiger partial charge in [-0.2, -0.15) is 0 Å². The zero-order chi connectivity index (χ0) is 32.8. The summed E-state index contributed by atoms with van der Waals surface area (Å²) < 4.78 is 0. The molecule has 1 fully saturated rings. The summed E-state index contributed by atoms with van der Waals surface area (Å²) in [6.07, 6.45) is 3.63. The van der Waals surface area contributed by atoms with Crippen molar-refractivity contribution in [2.75, 3.05) is 9.80 Å². The van der Waals surface area contributed by atoms with Gasteiger partial charge in [0, 0.05) is 34.1 Å². The van der Waals surface area contributed by atoms with E-state index < -0.39 is 0 Å². The molecule has 0 spiro atoms. The molecular weight excluding hydrogens is 581 g/mol.